The van der Waals surface area contributed by atoms with Crippen LogP contribution in [-0.2, 0) is 10.1 Å². The summed E-state index contributed by atoms with van der Waals surface area (Å²) < 4.78 is 6.22. The van der Waals surface area contributed by atoms with Crippen LogP contribution in [0, 0.1) is 0 Å². The Kier molecular flexibility index (Phi) is 5.66. The highest BCUT2D eigenvalue weighted by atomic mass is 79.9. The van der Waals surface area contributed by atoms with Crippen molar-refractivity contribution in [2.24, 2.45) is 0 Å². The lowest BCUT2D eigenvalue weighted by atomic mass is 10.0. The first-order valence-corrected chi connectivity index (χ1v) is 9.61. The topological polar surface area (TPSA) is 38.3 Å². The number of nitrogens with one attached hydrogen (secondary N) is 1. The van der Waals surface area contributed by atoms with Crippen LogP contribution in [0.1, 0.15) is 15.2 Å². The molecule has 3 nitrogen and oxygen atoms in total. The van der Waals surface area contributed by atoms with Crippen LogP contribution in [0.5, 0.6) is 0 Å². The zero-order chi connectivity index (χ0) is 16.9. The summed E-state index contributed by atoms with van der Waals surface area (Å²) in [4.78, 5) is 13.5. The number of rotatable bonds is 6. The summed E-state index contributed by atoms with van der Waals surface area (Å²) in [7, 11) is 1.62. The van der Waals surface area contributed by atoms with Crippen LogP contribution < -0.4 is 5.32 Å². The van der Waals surface area contributed by atoms with Gasteiger partial charge in [-0.25, -0.2) is 0 Å². The largest absolute Gasteiger partial charge is 0.383 e. The smallest absolute Gasteiger partial charge is 0.251 e. The van der Waals surface area contributed by atoms with Gasteiger partial charge in [0.1, 0.15) is 0 Å². The van der Waals surface area contributed by atoms with E-state index in [9.17, 15) is 4.79 Å². The lowest BCUT2D eigenvalue weighted by molar-refractivity contribution is 0.0937. The average Bonchev–Trinajstić information content (AvgIpc) is 3.05. The number of carbonyl (C=O) groups excluding carboxylic acids is 1. The minimum Gasteiger partial charge on any atom is -0.383 e. The highest BCUT2D eigenvalue weighted by Crippen LogP contribution is 2.35. The van der Waals surface area contributed by atoms with Gasteiger partial charge in [0.05, 0.1) is 6.61 Å². The van der Waals surface area contributed by atoms with Crippen molar-refractivity contribution in [3.05, 3.63) is 59.0 Å². The SMILES string of the molecule is COCCNC(=O)c1cccc(-c2cccc3cc(CBr)sc23)c1. The van der Waals surface area contributed by atoms with Crippen LogP contribution in [0.25, 0.3) is 21.2 Å². The summed E-state index contributed by atoms with van der Waals surface area (Å²) in [6.45, 7) is 1.02. The molecule has 1 amide bonds. The van der Waals surface area contributed by atoms with Crippen LogP contribution >= 0.6 is 27.3 Å². The second kappa shape index (κ2) is 7.92. The maximum absolute atomic E-state index is 12.2. The van der Waals surface area contributed by atoms with Gasteiger partial charge in [-0.3, -0.25) is 4.79 Å². The fourth-order valence-corrected chi connectivity index (χ4v) is 4.15. The highest BCUT2D eigenvalue weighted by molar-refractivity contribution is 9.08. The third-order valence-corrected chi connectivity index (χ3v) is 5.91. The van der Waals surface area contributed by atoms with Gasteiger partial charge in [0, 0.05) is 34.1 Å². The molecule has 0 aliphatic carbocycles. The van der Waals surface area contributed by atoms with E-state index in [1.807, 2.05) is 24.3 Å². The Morgan fingerprint density at radius 2 is 2.04 bits per heavy atom. The minimum atomic E-state index is -0.0756. The van der Waals surface area contributed by atoms with Crippen LogP contribution in [0.3, 0.4) is 0 Å². The average molecular weight is 404 g/mol. The normalized spacial score (nSPS) is 10.9. The second-order valence-electron chi connectivity index (χ2n) is 5.40. The lowest BCUT2D eigenvalue weighted by Gasteiger charge is -2.08. The molecule has 3 rings (SSSR count). The number of hydrogen-bond donors (Lipinski definition) is 1. The molecule has 0 bridgehead atoms. The molecule has 0 fully saturated rings. The number of alkyl halides is 1. The number of benzene rings is 2. The first-order valence-electron chi connectivity index (χ1n) is 7.68. The van der Waals surface area contributed by atoms with E-state index in [2.05, 4.69) is 45.5 Å². The summed E-state index contributed by atoms with van der Waals surface area (Å²) in [5.41, 5.74) is 2.89. The molecule has 1 aromatic heterocycles. The van der Waals surface area contributed by atoms with Crippen molar-refractivity contribution >= 4 is 43.3 Å². The first-order chi connectivity index (χ1) is 11.7. The number of amides is 1. The Morgan fingerprint density at radius 3 is 2.83 bits per heavy atom. The molecule has 3 aromatic rings. The number of thiophene rings is 1. The Labute approximate surface area is 153 Å². The van der Waals surface area contributed by atoms with Gasteiger partial charge in [-0.2, -0.15) is 0 Å². The van der Waals surface area contributed by atoms with Gasteiger partial charge in [0.25, 0.3) is 5.91 Å². The van der Waals surface area contributed by atoms with E-state index >= 15 is 0 Å². The zero-order valence-corrected chi connectivity index (χ0v) is 15.7. The predicted octanol–water partition coefficient (Wildman–Crippen LogP) is 4.84. The number of fused-ring (bicyclic) bond motifs is 1. The number of halogens is 1. The van der Waals surface area contributed by atoms with Crippen molar-refractivity contribution in [2.45, 2.75) is 5.33 Å². The van der Waals surface area contributed by atoms with Gasteiger partial charge in [-0.15, -0.1) is 11.3 Å². The van der Waals surface area contributed by atoms with Crippen LogP contribution in [0.4, 0.5) is 0 Å². The maximum Gasteiger partial charge on any atom is 0.251 e. The van der Waals surface area contributed by atoms with Crippen molar-refractivity contribution in [3.8, 4) is 11.1 Å². The van der Waals surface area contributed by atoms with E-state index in [4.69, 9.17) is 4.74 Å². The summed E-state index contributed by atoms with van der Waals surface area (Å²) in [5.74, 6) is -0.0756. The fourth-order valence-electron chi connectivity index (χ4n) is 2.61. The Balaban J connectivity index is 1.94. The molecule has 0 saturated carbocycles. The molecule has 0 spiro atoms. The van der Waals surface area contributed by atoms with Gasteiger partial charge >= 0.3 is 0 Å². The summed E-state index contributed by atoms with van der Waals surface area (Å²) in [5, 5.41) is 4.95. The van der Waals surface area contributed by atoms with Gasteiger partial charge in [-0.1, -0.05) is 46.3 Å². The van der Waals surface area contributed by atoms with Crippen LogP contribution in [-0.4, -0.2) is 26.2 Å². The fraction of sp³-hybridized carbons (Fsp3) is 0.211. The van der Waals surface area contributed by atoms with Crippen molar-refractivity contribution in [3.63, 3.8) is 0 Å². The summed E-state index contributed by atoms with van der Waals surface area (Å²) >= 11 is 5.31. The van der Waals surface area contributed by atoms with Crippen molar-refractivity contribution in [2.75, 3.05) is 20.3 Å². The molecular formula is C19H18BrNO2S. The molecule has 0 unspecified atom stereocenters. The number of methoxy groups -OCH3 is 1. The number of ether oxygens (including phenoxy) is 1. The van der Waals surface area contributed by atoms with Crippen molar-refractivity contribution in [1.82, 2.24) is 5.32 Å². The minimum absolute atomic E-state index is 0.0756. The Morgan fingerprint density at radius 1 is 1.21 bits per heavy atom. The molecule has 5 heteroatoms. The van der Waals surface area contributed by atoms with Gasteiger partial charge in [0.2, 0.25) is 0 Å². The molecule has 124 valence electrons. The first kappa shape index (κ1) is 17.1. The van der Waals surface area contributed by atoms with Gasteiger partial charge in [0.15, 0.2) is 0 Å². The maximum atomic E-state index is 12.2. The highest BCUT2D eigenvalue weighted by Gasteiger charge is 2.10. The van der Waals surface area contributed by atoms with E-state index in [0.29, 0.717) is 18.7 Å². The van der Waals surface area contributed by atoms with E-state index in [1.165, 1.54) is 15.0 Å². The number of hydrogen-bond acceptors (Lipinski definition) is 3. The van der Waals surface area contributed by atoms with E-state index in [0.717, 1.165) is 16.5 Å². The van der Waals surface area contributed by atoms with Crippen LogP contribution in [0.2, 0.25) is 0 Å². The molecule has 1 heterocycles. The quantitative estimate of drug-likeness (QED) is 0.472. The molecule has 0 saturated heterocycles. The van der Waals surface area contributed by atoms with Crippen LogP contribution in [0.15, 0.2) is 48.5 Å². The second-order valence-corrected chi connectivity index (χ2v) is 7.10. The summed E-state index contributed by atoms with van der Waals surface area (Å²) in [6, 6.07) is 16.3. The van der Waals surface area contributed by atoms with Gasteiger partial charge in [-0.05, 0) is 34.7 Å². The molecule has 24 heavy (non-hydrogen) atoms. The molecular weight excluding hydrogens is 386 g/mol. The molecule has 0 radical (unpaired) electrons. The molecule has 2 aromatic carbocycles. The monoisotopic (exact) mass is 403 g/mol. The molecule has 0 aliphatic heterocycles. The Bertz CT molecular complexity index is 859. The lowest BCUT2D eigenvalue weighted by Crippen LogP contribution is -2.26. The van der Waals surface area contributed by atoms with E-state index in [1.54, 1.807) is 18.4 Å². The molecule has 1 N–H and O–H groups in total. The number of carbonyl (C=O) groups is 1. The third-order valence-electron chi connectivity index (χ3n) is 3.75. The third kappa shape index (κ3) is 3.69. The van der Waals surface area contributed by atoms with E-state index < -0.39 is 0 Å². The summed E-state index contributed by atoms with van der Waals surface area (Å²) in [6.07, 6.45) is 0. The molecule has 0 atom stereocenters. The molecule has 0 aliphatic rings. The van der Waals surface area contributed by atoms with Crippen molar-refractivity contribution in [1.29, 1.82) is 0 Å². The van der Waals surface area contributed by atoms with E-state index in [-0.39, 0.29) is 5.91 Å². The standard InChI is InChI=1S/C19H18BrNO2S/c1-23-9-8-21-19(22)15-6-2-4-13(10-15)17-7-3-5-14-11-16(12-20)24-18(14)17/h2-7,10-11H,8-9,12H2,1H3,(H,21,22). The zero-order valence-electron chi connectivity index (χ0n) is 13.3. The van der Waals surface area contributed by atoms with Gasteiger partial charge < -0.3 is 10.1 Å². The predicted molar refractivity (Wildman–Crippen MR) is 104 cm³/mol. The Hall–Kier alpha value is -1.69. The van der Waals surface area contributed by atoms with Crippen molar-refractivity contribution < 1.29 is 9.53 Å².